The number of hydrogen-bond donors (Lipinski definition) is 1. The number of rotatable bonds is 2. The first-order valence-corrected chi connectivity index (χ1v) is 10.9. The van der Waals surface area contributed by atoms with E-state index in [9.17, 15) is 0 Å². The molecular formula is C22H26N4S. The SMILES string of the molecule is Cc1sc2ncnc(N3CCCNCC3)c2c1-c1ccc2c(c1)CCCC2. The Kier molecular flexibility index (Phi) is 4.58. The zero-order chi connectivity index (χ0) is 18.2. The molecule has 1 saturated heterocycles. The molecule has 3 heterocycles. The molecule has 2 aliphatic rings. The van der Waals surface area contributed by atoms with Crippen LogP contribution in [0.2, 0.25) is 0 Å². The quantitative estimate of drug-likeness (QED) is 0.720. The number of nitrogens with zero attached hydrogens (tertiary/aromatic N) is 3. The number of anilines is 1. The number of fused-ring (bicyclic) bond motifs is 2. The molecule has 27 heavy (non-hydrogen) atoms. The summed E-state index contributed by atoms with van der Waals surface area (Å²) in [6.07, 6.45) is 7.98. The van der Waals surface area contributed by atoms with Crippen molar-refractivity contribution < 1.29 is 0 Å². The van der Waals surface area contributed by atoms with Gasteiger partial charge in [-0.3, -0.25) is 0 Å². The maximum absolute atomic E-state index is 4.75. The molecule has 1 aliphatic heterocycles. The molecule has 0 unspecified atom stereocenters. The van der Waals surface area contributed by atoms with Crippen molar-refractivity contribution in [1.29, 1.82) is 0 Å². The van der Waals surface area contributed by atoms with Gasteiger partial charge < -0.3 is 10.2 Å². The van der Waals surface area contributed by atoms with Gasteiger partial charge in [0, 0.05) is 30.1 Å². The lowest BCUT2D eigenvalue weighted by Crippen LogP contribution is -2.28. The van der Waals surface area contributed by atoms with Crippen LogP contribution < -0.4 is 10.2 Å². The fraction of sp³-hybridized carbons (Fsp3) is 0.455. The second kappa shape index (κ2) is 7.21. The summed E-state index contributed by atoms with van der Waals surface area (Å²) >= 11 is 1.80. The highest BCUT2D eigenvalue weighted by Crippen LogP contribution is 2.42. The Bertz CT molecular complexity index is 970. The van der Waals surface area contributed by atoms with Gasteiger partial charge in [0.05, 0.1) is 5.39 Å². The molecule has 2 aromatic heterocycles. The minimum Gasteiger partial charge on any atom is -0.355 e. The van der Waals surface area contributed by atoms with E-state index in [1.165, 1.54) is 58.2 Å². The van der Waals surface area contributed by atoms with Crippen LogP contribution in [-0.4, -0.2) is 36.1 Å². The van der Waals surface area contributed by atoms with Gasteiger partial charge in [-0.05, 0) is 62.3 Å². The first-order chi connectivity index (χ1) is 13.3. The van der Waals surface area contributed by atoms with Gasteiger partial charge in [0.15, 0.2) is 0 Å². The predicted molar refractivity (Wildman–Crippen MR) is 114 cm³/mol. The van der Waals surface area contributed by atoms with Gasteiger partial charge >= 0.3 is 0 Å². The van der Waals surface area contributed by atoms with Crippen LogP contribution in [0.1, 0.15) is 35.3 Å². The number of thiophene rings is 1. The molecule has 0 bridgehead atoms. The van der Waals surface area contributed by atoms with E-state index >= 15 is 0 Å². The number of benzene rings is 1. The normalized spacial score (nSPS) is 17.7. The van der Waals surface area contributed by atoms with Crippen molar-refractivity contribution in [2.24, 2.45) is 0 Å². The van der Waals surface area contributed by atoms with Crippen molar-refractivity contribution in [3.63, 3.8) is 0 Å². The maximum Gasteiger partial charge on any atom is 0.141 e. The third kappa shape index (κ3) is 3.13. The van der Waals surface area contributed by atoms with Crippen LogP contribution in [0.4, 0.5) is 5.82 Å². The minimum absolute atomic E-state index is 1.00. The number of aryl methyl sites for hydroxylation is 3. The number of aromatic nitrogens is 2. The molecular weight excluding hydrogens is 352 g/mol. The van der Waals surface area contributed by atoms with E-state index in [4.69, 9.17) is 4.98 Å². The van der Waals surface area contributed by atoms with E-state index in [0.717, 1.165) is 43.2 Å². The Morgan fingerprint density at radius 3 is 2.81 bits per heavy atom. The topological polar surface area (TPSA) is 41.1 Å². The number of nitrogens with one attached hydrogen (secondary N) is 1. The average molecular weight is 379 g/mol. The van der Waals surface area contributed by atoms with Gasteiger partial charge in [0.25, 0.3) is 0 Å². The molecule has 4 nitrogen and oxygen atoms in total. The molecule has 0 spiro atoms. The monoisotopic (exact) mass is 378 g/mol. The third-order valence-electron chi connectivity index (χ3n) is 5.92. The fourth-order valence-corrected chi connectivity index (χ4v) is 5.57. The molecule has 140 valence electrons. The molecule has 0 amide bonds. The van der Waals surface area contributed by atoms with Crippen LogP contribution in [0.5, 0.6) is 0 Å². The van der Waals surface area contributed by atoms with Crippen molar-refractivity contribution in [3.8, 4) is 11.1 Å². The van der Waals surface area contributed by atoms with Gasteiger partial charge in [-0.1, -0.05) is 18.2 Å². The second-order valence-electron chi connectivity index (χ2n) is 7.69. The third-order valence-corrected chi connectivity index (χ3v) is 6.93. The van der Waals surface area contributed by atoms with Gasteiger partial charge in [-0.25, -0.2) is 9.97 Å². The zero-order valence-corrected chi connectivity index (χ0v) is 16.7. The van der Waals surface area contributed by atoms with Crippen molar-refractivity contribution in [2.45, 2.75) is 39.0 Å². The van der Waals surface area contributed by atoms with Crippen molar-refractivity contribution >= 4 is 27.4 Å². The fourth-order valence-electron chi connectivity index (χ4n) is 4.56. The molecule has 0 atom stereocenters. The number of hydrogen-bond acceptors (Lipinski definition) is 5. The minimum atomic E-state index is 1.00. The Morgan fingerprint density at radius 2 is 1.89 bits per heavy atom. The van der Waals surface area contributed by atoms with E-state index in [-0.39, 0.29) is 0 Å². The summed E-state index contributed by atoms with van der Waals surface area (Å²) < 4.78 is 0. The van der Waals surface area contributed by atoms with Crippen molar-refractivity contribution in [2.75, 3.05) is 31.1 Å². The first-order valence-electron chi connectivity index (χ1n) is 10.1. The Labute approximate surface area is 164 Å². The van der Waals surface area contributed by atoms with Crippen LogP contribution in [0.25, 0.3) is 21.3 Å². The maximum atomic E-state index is 4.75. The van der Waals surface area contributed by atoms with Gasteiger partial charge in [-0.2, -0.15) is 0 Å². The van der Waals surface area contributed by atoms with Gasteiger partial charge in [0.1, 0.15) is 17.0 Å². The Balaban J connectivity index is 1.67. The highest BCUT2D eigenvalue weighted by molar-refractivity contribution is 7.19. The summed E-state index contributed by atoms with van der Waals surface area (Å²) in [6.45, 7) is 6.39. The molecule has 3 aromatic rings. The van der Waals surface area contributed by atoms with Gasteiger partial charge in [-0.15, -0.1) is 11.3 Å². The molecule has 1 aromatic carbocycles. The standard InChI is InChI=1S/C22H26N4S/c1-15-19(18-8-7-16-5-2-3-6-17(16)13-18)20-21(24-14-25-22(20)27-15)26-11-4-9-23-10-12-26/h7-8,13-14,23H,2-6,9-12H2,1H3. The lowest BCUT2D eigenvalue weighted by atomic mass is 9.89. The predicted octanol–water partition coefficient (Wildman–Crippen LogP) is 4.35. The lowest BCUT2D eigenvalue weighted by molar-refractivity contribution is 0.686. The molecule has 1 aliphatic carbocycles. The van der Waals surface area contributed by atoms with E-state index in [2.05, 4.69) is 40.3 Å². The van der Waals surface area contributed by atoms with E-state index in [1.807, 2.05) is 0 Å². The van der Waals surface area contributed by atoms with Crippen LogP contribution >= 0.6 is 11.3 Å². The van der Waals surface area contributed by atoms with Crippen molar-refractivity contribution in [1.82, 2.24) is 15.3 Å². The van der Waals surface area contributed by atoms with Crippen LogP contribution in [-0.2, 0) is 12.8 Å². The summed E-state index contributed by atoms with van der Waals surface area (Å²) in [5.41, 5.74) is 5.76. The Hall–Kier alpha value is -1.98. The highest BCUT2D eigenvalue weighted by Gasteiger charge is 2.22. The Morgan fingerprint density at radius 1 is 1.00 bits per heavy atom. The van der Waals surface area contributed by atoms with Crippen LogP contribution in [0.3, 0.4) is 0 Å². The molecule has 0 saturated carbocycles. The molecule has 5 rings (SSSR count). The van der Waals surface area contributed by atoms with Crippen molar-refractivity contribution in [3.05, 3.63) is 40.5 Å². The zero-order valence-electron chi connectivity index (χ0n) is 15.9. The van der Waals surface area contributed by atoms with Crippen LogP contribution in [0.15, 0.2) is 24.5 Å². The summed E-state index contributed by atoms with van der Waals surface area (Å²) in [5.74, 6) is 1.11. The van der Waals surface area contributed by atoms with Crippen LogP contribution in [0, 0.1) is 6.92 Å². The molecule has 5 heteroatoms. The summed E-state index contributed by atoms with van der Waals surface area (Å²) in [6, 6.07) is 7.11. The van der Waals surface area contributed by atoms with E-state index < -0.39 is 0 Å². The summed E-state index contributed by atoms with van der Waals surface area (Å²) in [7, 11) is 0. The summed E-state index contributed by atoms with van der Waals surface area (Å²) in [5, 5.41) is 4.75. The molecule has 1 fully saturated rings. The first kappa shape index (κ1) is 17.1. The molecule has 1 N–H and O–H groups in total. The van der Waals surface area contributed by atoms with E-state index in [0.29, 0.717) is 0 Å². The highest BCUT2D eigenvalue weighted by atomic mass is 32.1. The molecule has 0 radical (unpaired) electrons. The average Bonchev–Trinajstić information content (AvgIpc) is 2.86. The summed E-state index contributed by atoms with van der Waals surface area (Å²) in [4.78, 5) is 14.3. The lowest BCUT2D eigenvalue weighted by Gasteiger charge is -2.22. The largest absolute Gasteiger partial charge is 0.355 e. The van der Waals surface area contributed by atoms with E-state index in [1.54, 1.807) is 17.7 Å². The smallest absolute Gasteiger partial charge is 0.141 e. The second-order valence-corrected chi connectivity index (χ2v) is 8.90. The van der Waals surface area contributed by atoms with Gasteiger partial charge in [0.2, 0.25) is 0 Å².